The third-order valence-corrected chi connectivity index (χ3v) is 6.48. The maximum absolute atomic E-state index is 12.5. The van der Waals surface area contributed by atoms with Crippen LogP contribution in [-0.4, -0.2) is 27.8 Å². The van der Waals surface area contributed by atoms with Crippen LogP contribution in [0.1, 0.15) is 40.2 Å². The van der Waals surface area contributed by atoms with Gasteiger partial charge in [0.2, 0.25) is 5.91 Å². The third-order valence-electron chi connectivity index (χ3n) is 5.29. The maximum atomic E-state index is 12.5. The molecule has 3 aromatic rings. The van der Waals surface area contributed by atoms with Gasteiger partial charge in [0.1, 0.15) is 10.7 Å². The number of hydrogen-bond acceptors (Lipinski definition) is 4. The van der Waals surface area contributed by atoms with E-state index in [1.165, 1.54) is 16.0 Å². The van der Waals surface area contributed by atoms with E-state index >= 15 is 0 Å². The normalized spacial score (nSPS) is 13.1. The van der Waals surface area contributed by atoms with E-state index in [1.54, 1.807) is 16.2 Å². The molecule has 0 fully saturated rings. The number of aromatic amines is 1. The lowest BCUT2D eigenvalue weighted by Crippen LogP contribution is -2.27. The number of amides is 1. The minimum absolute atomic E-state index is 0.0506. The molecule has 1 aromatic carbocycles. The quantitative estimate of drug-likeness (QED) is 0.737. The Kier molecular flexibility index (Phi) is 4.83. The lowest BCUT2D eigenvalue weighted by atomic mass is 10.1. The highest BCUT2D eigenvalue weighted by Gasteiger charge is 2.21. The fourth-order valence-electron chi connectivity index (χ4n) is 3.71. The first-order valence-electron chi connectivity index (χ1n) is 9.35. The van der Waals surface area contributed by atoms with Crippen molar-refractivity contribution in [3.8, 4) is 0 Å². The first-order valence-corrected chi connectivity index (χ1v) is 10.2. The number of nitrogens with one attached hydrogen (secondary N) is 1. The Morgan fingerprint density at radius 3 is 2.93 bits per heavy atom. The molecule has 27 heavy (non-hydrogen) atoms. The Balaban J connectivity index is 1.44. The molecule has 2 heterocycles. The summed E-state index contributed by atoms with van der Waals surface area (Å²) in [4.78, 5) is 36.4. The maximum Gasteiger partial charge on any atom is 0.259 e. The molecule has 0 unspecified atom stereocenters. The standard InChI is InChI=1S/C21H23N3O2S/c1-13-6-3-4-7-14(13)12-24(2)18(25)11-10-17-22-20(26)19-15-8-5-9-16(15)27-21(19)23-17/h3-4,6-7H,5,8-12H2,1-2H3,(H,22,23,26). The Hall–Kier alpha value is -2.47. The molecule has 0 saturated heterocycles. The van der Waals surface area contributed by atoms with Crippen molar-refractivity contribution in [2.45, 2.75) is 45.6 Å². The predicted molar refractivity (Wildman–Crippen MR) is 108 cm³/mol. The van der Waals surface area contributed by atoms with Gasteiger partial charge in [0.05, 0.1) is 5.39 Å². The summed E-state index contributed by atoms with van der Waals surface area (Å²) in [5, 5.41) is 0.763. The summed E-state index contributed by atoms with van der Waals surface area (Å²) in [6.45, 7) is 2.64. The van der Waals surface area contributed by atoms with E-state index in [9.17, 15) is 9.59 Å². The van der Waals surface area contributed by atoms with Crippen LogP contribution in [0.4, 0.5) is 0 Å². The zero-order valence-electron chi connectivity index (χ0n) is 15.7. The zero-order valence-corrected chi connectivity index (χ0v) is 16.5. The molecular weight excluding hydrogens is 358 g/mol. The number of fused-ring (bicyclic) bond motifs is 3. The zero-order chi connectivity index (χ0) is 19.0. The van der Waals surface area contributed by atoms with Gasteiger partial charge in [-0.1, -0.05) is 24.3 Å². The van der Waals surface area contributed by atoms with E-state index in [2.05, 4.69) is 23.0 Å². The summed E-state index contributed by atoms with van der Waals surface area (Å²) in [5.74, 6) is 0.653. The largest absolute Gasteiger partial charge is 0.341 e. The van der Waals surface area contributed by atoms with Gasteiger partial charge < -0.3 is 9.88 Å². The Labute approximate surface area is 162 Å². The first kappa shape index (κ1) is 17.9. The molecule has 2 aromatic heterocycles. The monoisotopic (exact) mass is 381 g/mol. The molecule has 0 aliphatic heterocycles. The van der Waals surface area contributed by atoms with Gasteiger partial charge in [-0.25, -0.2) is 4.98 Å². The Morgan fingerprint density at radius 2 is 2.11 bits per heavy atom. The van der Waals surface area contributed by atoms with Crippen molar-refractivity contribution in [1.82, 2.24) is 14.9 Å². The molecule has 4 rings (SSSR count). The lowest BCUT2D eigenvalue weighted by molar-refractivity contribution is -0.130. The third kappa shape index (κ3) is 3.54. The van der Waals surface area contributed by atoms with Gasteiger partial charge in [-0.3, -0.25) is 9.59 Å². The van der Waals surface area contributed by atoms with Crippen LogP contribution in [0.3, 0.4) is 0 Å². The number of carbonyl (C=O) groups excluding carboxylic acids is 1. The highest BCUT2D eigenvalue weighted by Crippen LogP contribution is 2.34. The van der Waals surface area contributed by atoms with Crippen molar-refractivity contribution in [1.29, 1.82) is 0 Å². The van der Waals surface area contributed by atoms with Crippen LogP contribution >= 0.6 is 11.3 Å². The van der Waals surface area contributed by atoms with Crippen LogP contribution in [0.5, 0.6) is 0 Å². The van der Waals surface area contributed by atoms with Crippen LogP contribution < -0.4 is 5.56 Å². The second kappa shape index (κ2) is 7.27. The smallest absolute Gasteiger partial charge is 0.259 e. The molecule has 140 valence electrons. The van der Waals surface area contributed by atoms with Gasteiger partial charge in [-0.05, 0) is 42.9 Å². The summed E-state index contributed by atoms with van der Waals surface area (Å²) in [5.41, 5.74) is 3.45. The van der Waals surface area contributed by atoms with Crippen LogP contribution in [0.15, 0.2) is 29.1 Å². The van der Waals surface area contributed by atoms with E-state index in [-0.39, 0.29) is 11.5 Å². The molecule has 1 amide bonds. The van der Waals surface area contributed by atoms with Crippen molar-refractivity contribution in [3.05, 3.63) is 62.0 Å². The molecule has 6 heteroatoms. The fraction of sp³-hybridized carbons (Fsp3) is 0.381. The van der Waals surface area contributed by atoms with Gasteiger partial charge >= 0.3 is 0 Å². The Bertz CT molecular complexity index is 1070. The highest BCUT2D eigenvalue weighted by atomic mass is 32.1. The van der Waals surface area contributed by atoms with Gasteiger partial charge in [-0.2, -0.15) is 0 Å². The number of hydrogen-bond donors (Lipinski definition) is 1. The van der Waals surface area contributed by atoms with Gasteiger partial charge in [0.25, 0.3) is 5.56 Å². The van der Waals surface area contributed by atoms with E-state index < -0.39 is 0 Å². The number of H-pyrrole nitrogens is 1. The molecule has 1 aliphatic rings. The van der Waals surface area contributed by atoms with Crippen LogP contribution in [-0.2, 0) is 30.6 Å². The number of nitrogens with zero attached hydrogens (tertiary/aromatic N) is 2. The molecule has 0 saturated carbocycles. The van der Waals surface area contributed by atoms with E-state index in [0.717, 1.165) is 35.0 Å². The van der Waals surface area contributed by atoms with E-state index in [4.69, 9.17) is 0 Å². The molecular formula is C21H23N3O2S. The average Bonchev–Trinajstić information content (AvgIpc) is 3.22. The summed E-state index contributed by atoms with van der Waals surface area (Å²) in [6, 6.07) is 8.08. The number of aryl methyl sites for hydroxylation is 4. The Morgan fingerprint density at radius 1 is 1.30 bits per heavy atom. The molecule has 5 nitrogen and oxygen atoms in total. The van der Waals surface area contributed by atoms with Gasteiger partial charge in [0, 0.05) is 31.3 Å². The number of thiophene rings is 1. The van der Waals surface area contributed by atoms with Crippen molar-refractivity contribution in [2.75, 3.05) is 7.05 Å². The second-order valence-electron chi connectivity index (χ2n) is 7.23. The summed E-state index contributed by atoms with van der Waals surface area (Å²) in [7, 11) is 1.82. The minimum atomic E-state index is -0.0601. The van der Waals surface area contributed by atoms with Crippen LogP contribution in [0.2, 0.25) is 0 Å². The first-order chi connectivity index (χ1) is 13.0. The summed E-state index contributed by atoms with van der Waals surface area (Å²) >= 11 is 1.63. The van der Waals surface area contributed by atoms with E-state index in [1.807, 2.05) is 25.2 Å². The molecule has 1 aliphatic carbocycles. The number of rotatable bonds is 5. The van der Waals surface area contributed by atoms with Crippen LogP contribution in [0, 0.1) is 6.92 Å². The minimum Gasteiger partial charge on any atom is -0.341 e. The molecule has 1 N–H and O–H groups in total. The molecule has 0 radical (unpaired) electrons. The molecule has 0 bridgehead atoms. The highest BCUT2D eigenvalue weighted by molar-refractivity contribution is 7.18. The van der Waals surface area contributed by atoms with Crippen molar-refractivity contribution < 1.29 is 4.79 Å². The number of carbonyl (C=O) groups is 1. The van der Waals surface area contributed by atoms with Crippen LogP contribution in [0.25, 0.3) is 10.2 Å². The molecule has 0 atom stereocenters. The van der Waals surface area contributed by atoms with E-state index in [0.29, 0.717) is 25.2 Å². The van der Waals surface area contributed by atoms with Gasteiger partial charge in [-0.15, -0.1) is 11.3 Å². The second-order valence-corrected chi connectivity index (χ2v) is 8.31. The molecule has 0 spiro atoms. The fourth-order valence-corrected chi connectivity index (χ4v) is 4.99. The SMILES string of the molecule is Cc1ccccc1CN(C)C(=O)CCc1nc2sc3c(c2c(=O)[nH]1)CCC3. The van der Waals surface area contributed by atoms with Gasteiger partial charge in [0.15, 0.2) is 0 Å². The average molecular weight is 382 g/mol. The number of benzene rings is 1. The topological polar surface area (TPSA) is 66.1 Å². The van der Waals surface area contributed by atoms with Crippen molar-refractivity contribution in [2.24, 2.45) is 0 Å². The van der Waals surface area contributed by atoms with Crippen molar-refractivity contribution >= 4 is 27.5 Å². The predicted octanol–water partition coefficient (Wildman–Crippen LogP) is 3.37. The number of aromatic nitrogens is 2. The van der Waals surface area contributed by atoms with Crippen molar-refractivity contribution in [3.63, 3.8) is 0 Å². The lowest BCUT2D eigenvalue weighted by Gasteiger charge is -2.18. The summed E-state index contributed by atoms with van der Waals surface area (Å²) in [6.07, 6.45) is 3.93. The summed E-state index contributed by atoms with van der Waals surface area (Å²) < 4.78 is 0.